The van der Waals surface area contributed by atoms with Crippen molar-refractivity contribution in [2.24, 2.45) is 11.8 Å². The van der Waals surface area contributed by atoms with Gasteiger partial charge in [-0.25, -0.2) is 0 Å². The number of unbranched alkanes of at least 4 members (excludes halogenated alkanes) is 3. The Kier molecular flexibility index (Phi) is 9.64. The van der Waals surface area contributed by atoms with Crippen LogP contribution in [-0.2, 0) is 6.42 Å². The van der Waals surface area contributed by atoms with Gasteiger partial charge >= 0.3 is 0 Å². The van der Waals surface area contributed by atoms with E-state index in [1.165, 1.54) is 82.1 Å². The van der Waals surface area contributed by atoms with Gasteiger partial charge in [-0.15, -0.1) is 23.5 Å². The van der Waals surface area contributed by atoms with E-state index in [1.807, 2.05) is 0 Å². The van der Waals surface area contributed by atoms with Crippen LogP contribution >= 0.6 is 23.5 Å². The summed E-state index contributed by atoms with van der Waals surface area (Å²) in [6.45, 7) is 6.97. The molecule has 0 spiro atoms. The summed E-state index contributed by atoms with van der Waals surface area (Å²) in [5.41, 5.74) is 4.76. The van der Waals surface area contributed by atoms with E-state index >= 15 is 0 Å². The number of rotatable bonds is 9. The molecule has 1 aromatic carbocycles. The third-order valence-electron chi connectivity index (χ3n) is 6.96. The number of hydrogen-bond acceptors (Lipinski definition) is 2. The van der Waals surface area contributed by atoms with Crippen LogP contribution in [0.3, 0.4) is 0 Å². The van der Waals surface area contributed by atoms with Gasteiger partial charge in [0.2, 0.25) is 0 Å². The molecule has 1 aliphatic carbocycles. The molecule has 0 aromatic heterocycles. The van der Waals surface area contributed by atoms with Gasteiger partial charge in [-0.3, -0.25) is 0 Å². The van der Waals surface area contributed by atoms with Crippen LogP contribution in [0.1, 0.15) is 101 Å². The van der Waals surface area contributed by atoms with Gasteiger partial charge in [0.05, 0.1) is 4.58 Å². The molecule has 1 heterocycles. The SMILES string of the molecule is CCCCCc1ccc(C2CCC(C3SCC(CCCC)CS3)CC2)c(C)c1. The Morgan fingerprint density at radius 3 is 2.25 bits per heavy atom. The van der Waals surface area contributed by atoms with E-state index in [0.717, 1.165) is 22.3 Å². The molecule has 0 N–H and O–H groups in total. The smallest absolute Gasteiger partial charge is 0.0530 e. The van der Waals surface area contributed by atoms with E-state index < -0.39 is 0 Å². The van der Waals surface area contributed by atoms with Crippen molar-refractivity contribution in [2.75, 3.05) is 11.5 Å². The lowest BCUT2D eigenvalue weighted by Gasteiger charge is -2.37. The van der Waals surface area contributed by atoms with E-state index in [9.17, 15) is 0 Å². The van der Waals surface area contributed by atoms with Crippen LogP contribution in [0, 0.1) is 18.8 Å². The van der Waals surface area contributed by atoms with Crippen molar-refractivity contribution in [2.45, 2.75) is 102 Å². The lowest BCUT2D eigenvalue weighted by molar-refractivity contribution is 0.342. The van der Waals surface area contributed by atoms with Gasteiger partial charge in [0.25, 0.3) is 0 Å². The van der Waals surface area contributed by atoms with Crippen molar-refractivity contribution in [3.05, 3.63) is 34.9 Å². The summed E-state index contributed by atoms with van der Waals surface area (Å²) in [6, 6.07) is 7.39. The maximum atomic E-state index is 2.49. The zero-order valence-corrected chi connectivity index (χ0v) is 20.2. The van der Waals surface area contributed by atoms with Crippen LogP contribution in [0.15, 0.2) is 18.2 Å². The van der Waals surface area contributed by atoms with Crippen LogP contribution in [0.5, 0.6) is 0 Å². The third kappa shape index (κ3) is 6.46. The highest BCUT2D eigenvalue weighted by Gasteiger charge is 2.32. The summed E-state index contributed by atoms with van der Waals surface area (Å²) in [6.07, 6.45) is 15.3. The minimum atomic E-state index is 0.817. The van der Waals surface area contributed by atoms with Gasteiger partial charge in [0.15, 0.2) is 0 Å². The molecule has 3 rings (SSSR count). The average molecular weight is 419 g/mol. The standard InChI is InChI=1S/C26H42S2/c1-4-6-8-10-21-11-16-25(20(3)17-21)23-12-14-24(15-13-23)26-27-18-22(19-28-26)9-7-5-2/h11,16-17,22-24,26H,4-10,12-15,18-19H2,1-3H3. The molecule has 1 aliphatic heterocycles. The predicted octanol–water partition coefficient (Wildman–Crippen LogP) is 8.61. The number of thioether (sulfide) groups is 2. The summed E-state index contributed by atoms with van der Waals surface area (Å²) in [7, 11) is 0. The second kappa shape index (κ2) is 11.9. The molecule has 28 heavy (non-hydrogen) atoms. The van der Waals surface area contributed by atoms with Gasteiger partial charge in [0.1, 0.15) is 0 Å². The first-order valence-corrected chi connectivity index (χ1v) is 14.1. The Balaban J connectivity index is 1.45. The molecule has 0 unspecified atom stereocenters. The zero-order valence-electron chi connectivity index (χ0n) is 18.6. The first-order valence-electron chi connectivity index (χ1n) is 12.0. The topological polar surface area (TPSA) is 0 Å². The normalized spacial score (nSPS) is 28.4. The molecule has 0 atom stereocenters. The number of benzene rings is 1. The van der Waals surface area contributed by atoms with Gasteiger partial charge in [-0.2, -0.15) is 0 Å². The summed E-state index contributed by atoms with van der Waals surface area (Å²) < 4.78 is 0.890. The Hall–Kier alpha value is -0.0800. The first kappa shape index (κ1) is 22.6. The summed E-state index contributed by atoms with van der Waals surface area (Å²) >= 11 is 4.61. The molecule has 1 aromatic rings. The molecule has 0 nitrogen and oxygen atoms in total. The van der Waals surface area contributed by atoms with E-state index in [-0.39, 0.29) is 0 Å². The third-order valence-corrected chi connectivity index (χ3v) is 10.5. The number of hydrogen-bond donors (Lipinski definition) is 0. The van der Waals surface area contributed by atoms with E-state index in [4.69, 9.17) is 0 Å². The van der Waals surface area contributed by atoms with Gasteiger partial charge < -0.3 is 0 Å². The van der Waals surface area contributed by atoms with E-state index in [1.54, 1.807) is 16.7 Å². The lowest BCUT2D eigenvalue weighted by atomic mass is 9.78. The minimum Gasteiger partial charge on any atom is -0.147 e. The van der Waals surface area contributed by atoms with E-state index in [0.29, 0.717) is 0 Å². The Labute approximate surface area is 183 Å². The molecule has 0 bridgehead atoms. The van der Waals surface area contributed by atoms with Crippen LogP contribution < -0.4 is 0 Å². The molecular weight excluding hydrogens is 376 g/mol. The fraction of sp³-hybridized carbons (Fsp3) is 0.769. The maximum Gasteiger partial charge on any atom is 0.0530 e. The van der Waals surface area contributed by atoms with Crippen molar-refractivity contribution in [1.82, 2.24) is 0 Å². The minimum absolute atomic E-state index is 0.817. The highest BCUT2D eigenvalue weighted by atomic mass is 32.2. The Morgan fingerprint density at radius 2 is 1.61 bits per heavy atom. The van der Waals surface area contributed by atoms with Crippen molar-refractivity contribution >= 4 is 23.5 Å². The fourth-order valence-corrected chi connectivity index (χ4v) is 8.71. The van der Waals surface area contributed by atoms with E-state index in [2.05, 4.69) is 62.5 Å². The van der Waals surface area contributed by atoms with Crippen LogP contribution in [0.4, 0.5) is 0 Å². The lowest BCUT2D eigenvalue weighted by Crippen LogP contribution is -2.26. The summed E-state index contributed by atoms with van der Waals surface area (Å²) in [5.74, 6) is 5.62. The zero-order chi connectivity index (χ0) is 19.8. The van der Waals surface area contributed by atoms with Gasteiger partial charge in [0, 0.05) is 0 Å². The molecular formula is C26H42S2. The van der Waals surface area contributed by atoms with Crippen LogP contribution in [0.2, 0.25) is 0 Å². The molecule has 158 valence electrons. The average Bonchev–Trinajstić information content (AvgIpc) is 2.73. The summed E-state index contributed by atoms with van der Waals surface area (Å²) in [4.78, 5) is 0. The van der Waals surface area contributed by atoms with Crippen molar-refractivity contribution in [1.29, 1.82) is 0 Å². The monoisotopic (exact) mass is 418 g/mol. The van der Waals surface area contributed by atoms with Gasteiger partial charge in [-0.1, -0.05) is 57.7 Å². The number of aryl methyl sites for hydroxylation is 2. The molecule has 2 aliphatic rings. The quantitative estimate of drug-likeness (QED) is 0.368. The second-order valence-corrected chi connectivity index (χ2v) is 12.0. The Morgan fingerprint density at radius 1 is 0.893 bits per heavy atom. The highest BCUT2D eigenvalue weighted by molar-refractivity contribution is 8.17. The largest absolute Gasteiger partial charge is 0.147 e. The maximum absolute atomic E-state index is 2.49. The first-order chi connectivity index (χ1) is 13.7. The Bertz CT molecular complexity index is 566. The van der Waals surface area contributed by atoms with Crippen molar-refractivity contribution in [3.63, 3.8) is 0 Å². The van der Waals surface area contributed by atoms with Crippen LogP contribution in [0.25, 0.3) is 0 Å². The highest BCUT2D eigenvalue weighted by Crippen LogP contribution is 2.47. The molecule has 2 heteroatoms. The molecule has 0 radical (unpaired) electrons. The molecule has 1 saturated carbocycles. The van der Waals surface area contributed by atoms with Gasteiger partial charge in [-0.05, 0) is 97.8 Å². The van der Waals surface area contributed by atoms with Crippen molar-refractivity contribution < 1.29 is 0 Å². The second-order valence-electron chi connectivity index (χ2n) is 9.30. The van der Waals surface area contributed by atoms with Crippen molar-refractivity contribution in [3.8, 4) is 0 Å². The molecule has 1 saturated heterocycles. The molecule has 2 fully saturated rings. The predicted molar refractivity (Wildman–Crippen MR) is 131 cm³/mol. The summed E-state index contributed by atoms with van der Waals surface area (Å²) in [5, 5.41) is 0. The van der Waals surface area contributed by atoms with Crippen LogP contribution in [-0.4, -0.2) is 16.1 Å². The molecule has 0 amide bonds. The fourth-order valence-electron chi connectivity index (χ4n) is 5.12.